The third-order valence-electron chi connectivity index (χ3n) is 4.91. The van der Waals surface area contributed by atoms with Crippen LogP contribution in [0.2, 0.25) is 0 Å². The van der Waals surface area contributed by atoms with Crippen molar-refractivity contribution in [1.82, 2.24) is 25.1 Å². The number of carbonyl (C=O) groups excluding carboxylic acids is 1. The number of amides is 1. The number of aliphatic hydroxyl groups is 1. The zero-order valence-corrected chi connectivity index (χ0v) is 16.9. The predicted octanol–water partition coefficient (Wildman–Crippen LogP) is 2.59. The van der Waals surface area contributed by atoms with E-state index in [9.17, 15) is 9.90 Å². The molecular weight excluding hydrogens is 392 g/mol. The fourth-order valence-corrected chi connectivity index (χ4v) is 3.24. The van der Waals surface area contributed by atoms with Crippen LogP contribution in [-0.2, 0) is 7.05 Å². The molecule has 1 unspecified atom stereocenters. The maximum absolute atomic E-state index is 12.7. The maximum atomic E-state index is 12.7. The van der Waals surface area contributed by atoms with Gasteiger partial charge >= 0.3 is 0 Å². The number of aromatic nitrogens is 4. The van der Waals surface area contributed by atoms with E-state index in [-0.39, 0.29) is 12.5 Å². The van der Waals surface area contributed by atoms with Gasteiger partial charge in [0.2, 0.25) is 0 Å². The molecule has 1 amide bonds. The standard InChI is InChI=1S/C23H22N6O2/c1-29-13-18(11-26-29)19-12-25-22(24)21(27-19)16-7-9-17(10-8-16)23(31)28-20(14-30)15-5-3-2-4-6-15/h2-13,20,30H,14H2,1H3,(H2,24,25)(H,28,31). The van der Waals surface area contributed by atoms with Crippen LogP contribution < -0.4 is 11.1 Å². The number of carbonyl (C=O) groups is 1. The molecule has 8 nitrogen and oxygen atoms in total. The van der Waals surface area contributed by atoms with E-state index in [4.69, 9.17) is 5.73 Å². The van der Waals surface area contributed by atoms with Gasteiger partial charge in [0.05, 0.1) is 30.7 Å². The molecule has 0 fully saturated rings. The Morgan fingerprint density at radius 2 is 1.84 bits per heavy atom. The Balaban J connectivity index is 1.55. The predicted molar refractivity (Wildman–Crippen MR) is 118 cm³/mol. The summed E-state index contributed by atoms with van der Waals surface area (Å²) in [5.41, 5.74) is 10.1. The Labute approximate surface area is 179 Å². The Kier molecular flexibility index (Phi) is 5.72. The molecule has 0 aliphatic heterocycles. The van der Waals surface area contributed by atoms with E-state index in [2.05, 4.69) is 20.4 Å². The molecule has 4 N–H and O–H groups in total. The van der Waals surface area contributed by atoms with Gasteiger partial charge in [-0.1, -0.05) is 42.5 Å². The summed E-state index contributed by atoms with van der Waals surface area (Å²) in [6, 6.07) is 15.8. The number of nitrogen functional groups attached to an aromatic ring is 1. The highest BCUT2D eigenvalue weighted by Gasteiger charge is 2.16. The zero-order valence-electron chi connectivity index (χ0n) is 16.9. The number of aryl methyl sites for hydroxylation is 1. The molecule has 0 bridgehead atoms. The minimum absolute atomic E-state index is 0.193. The van der Waals surface area contributed by atoms with Crippen molar-refractivity contribution in [2.24, 2.45) is 7.05 Å². The molecule has 156 valence electrons. The van der Waals surface area contributed by atoms with E-state index >= 15 is 0 Å². The lowest BCUT2D eigenvalue weighted by Crippen LogP contribution is -2.30. The third-order valence-corrected chi connectivity index (χ3v) is 4.91. The van der Waals surface area contributed by atoms with Crippen LogP contribution in [0.3, 0.4) is 0 Å². The van der Waals surface area contributed by atoms with E-state index in [1.807, 2.05) is 43.6 Å². The van der Waals surface area contributed by atoms with Gasteiger partial charge in [-0.3, -0.25) is 9.48 Å². The molecule has 31 heavy (non-hydrogen) atoms. The van der Waals surface area contributed by atoms with Crippen molar-refractivity contribution in [3.63, 3.8) is 0 Å². The molecule has 2 heterocycles. The first-order chi connectivity index (χ1) is 15.0. The van der Waals surface area contributed by atoms with Crippen LogP contribution in [0.1, 0.15) is 22.0 Å². The first-order valence-corrected chi connectivity index (χ1v) is 9.74. The average molecular weight is 414 g/mol. The molecule has 8 heteroatoms. The fraction of sp³-hybridized carbons (Fsp3) is 0.130. The van der Waals surface area contributed by atoms with Crippen molar-refractivity contribution in [2.45, 2.75) is 6.04 Å². The summed E-state index contributed by atoms with van der Waals surface area (Å²) in [5.74, 6) is 0.0203. The van der Waals surface area contributed by atoms with Crippen molar-refractivity contribution in [3.05, 3.63) is 84.3 Å². The van der Waals surface area contributed by atoms with Crippen molar-refractivity contribution in [2.75, 3.05) is 12.3 Å². The monoisotopic (exact) mass is 414 g/mol. The Morgan fingerprint density at radius 3 is 2.48 bits per heavy atom. The second kappa shape index (κ2) is 8.76. The van der Waals surface area contributed by atoms with Crippen LogP contribution in [0.25, 0.3) is 22.5 Å². The number of hydrogen-bond donors (Lipinski definition) is 3. The molecule has 0 spiro atoms. The Hall–Kier alpha value is -4.04. The van der Waals surface area contributed by atoms with Gasteiger partial charge in [0.25, 0.3) is 5.91 Å². The molecule has 4 rings (SSSR count). The van der Waals surface area contributed by atoms with Gasteiger partial charge in [-0.2, -0.15) is 5.10 Å². The Bertz CT molecular complexity index is 1190. The number of nitrogens with one attached hydrogen (secondary N) is 1. The average Bonchev–Trinajstić information content (AvgIpc) is 3.24. The summed E-state index contributed by atoms with van der Waals surface area (Å²) in [5, 5.41) is 16.7. The van der Waals surface area contributed by atoms with Gasteiger partial charge in [-0.25, -0.2) is 9.97 Å². The highest BCUT2D eigenvalue weighted by Crippen LogP contribution is 2.26. The molecule has 1 atom stereocenters. The third kappa shape index (κ3) is 4.44. The largest absolute Gasteiger partial charge is 0.394 e. The second-order valence-electron chi connectivity index (χ2n) is 7.09. The van der Waals surface area contributed by atoms with Crippen molar-refractivity contribution in [3.8, 4) is 22.5 Å². The summed E-state index contributed by atoms with van der Waals surface area (Å²) in [6.07, 6.45) is 5.17. The molecule has 0 radical (unpaired) electrons. The van der Waals surface area contributed by atoms with Crippen LogP contribution in [0.15, 0.2) is 73.2 Å². The van der Waals surface area contributed by atoms with Crippen LogP contribution in [0.5, 0.6) is 0 Å². The molecule has 0 saturated heterocycles. The van der Waals surface area contributed by atoms with Crippen LogP contribution in [-0.4, -0.2) is 37.4 Å². The van der Waals surface area contributed by atoms with E-state index in [1.54, 1.807) is 41.3 Å². The molecule has 0 aliphatic rings. The minimum Gasteiger partial charge on any atom is -0.394 e. The zero-order chi connectivity index (χ0) is 21.8. The SMILES string of the molecule is Cn1cc(-c2cnc(N)c(-c3ccc(C(=O)NC(CO)c4ccccc4)cc3)n2)cn1. The Morgan fingerprint density at radius 1 is 1.10 bits per heavy atom. The lowest BCUT2D eigenvalue weighted by molar-refractivity contribution is 0.0916. The number of nitrogens with zero attached hydrogens (tertiary/aromatic N) is 4. The highest BCUT2D eigenvalue weighted by atomic mass is 16.3. The minimum atomic E-state index is -0.481. The number of aliphatic hydroxyl groups excluding tert-OH is 1. The van der Waals surface area contributed by atoms with Gasteiger partial charge in [-0.15, -0.1) is 0 Å². The van der Waals surface area contributed by atoms with E-state index in [0.717, 1.165) is 16.7 Å². The highest BCUT2D eigenvalue weighted by molar-refractivity contribution is 5.95. The first-order valence-electron chi connectivity index (χ1n) is 9.74. The van der Waals surface area contributed by atoms with Crippen molar-refractivity contribution < 1.29 is 9.90 Å². The smallest absolute Gasteiger partial charge is 0.251 e. The lowest BCUT2D eigenvalue weighted by Gasteiger charge is -2.17. The summed E-state index contributed by atoms with van der Waals surface area (Å²) >= 11 is 0. The maximum Gasteiger partial charge on any atom is 0.251 e. The number of benzene rings is 2. The summed E-state index contributed by atoms with van der Waals surface area (Å²) in [6.45, 7) is -0.193. The lowest BCUT2D eigenvalue weighted by atomic mass is 10.1. The van der Waals surface area contributed by atoms with Crippen LogP contribution >= 0.6 is 0 Å². The molecule has 0 saturated carbocycles. The summed E-state index contributed by atoms with van der Waals surface area (Å²) < 4.78 is 1.69. The van der Waals surface area contributed by atoms with Crippen molar-refractivity contribution >= 4 is 11.7 Å². The summed E-state index contributed by atoms with van der Waals surface area (Å²) in [7, 11) is 1.83. The van der Waals surface area contributed by atoms with Crippen LogP contribution in [0, 0.1) is 0 Å². The van der Waals surface area contributed by atoms with Gasteiger partial charge in [0.1, 0.15) is 11.5 Å². The van der Waals surface area contributed by atoms with Crippen molar-refractivity contribution in [1.29, 1.82) is 0 Å². The van der Waals surface area contributed by atoms with E-state index < -0.39 is 6.04 Å². The fourth-order valence-electron chi connectivity index (χ4n) is 3.24. The molecule has 4 aromatic rings. The number of anilines is 1. The normalized spacial score (nSPS) is 11.8. The van der Waals surface area contributed by atoms with Gasteiger partial charge in [0.15, 0.2) is 0 Å². The van der Waals surface area contributed by atoms with Crippen LogP contribution in [0.4, 0.5) is 5.82 Å². The topological polar surface area (TPSA) is 119 Å². The summed E-state index contributed by atoms with van der Waals surface area (Å²) in [4.78, 5) is 21.5. The number of rotatable bonds is 6. The van der Waals surface area contributed by atoms with E-state index in [0.29, 0.717) is 22.8 Å². The first kappa shape index (κ1) is 20.2. The quantitative estimate of drug-likeness (QED) is 0.446. The van der Waals surface area contributed by atoms with Gasteiger partial charge in [0, 0.05) is 29.9 Å². The molecule has 0 aliphatic carbocycles. The van der Waals surface area contributed by atoms with E-state index in [1.165, 1.54) is 0 Å². The second-order valence-corrected chi connectivity index (χ2v) is 7.09. The molecular formula is C23H22N6O2. The molecule has 2 aromatic heterocycles. The van der Waals surface area contributed by atoms with Gasteiger partial charge < -0.3 is 16.2 Å². The van der Waals surface area contributed by atoms with Gasteiger partial charge in [-0.05, 0) is 17.7 Å². The molecule has 2 aromatic carbocycles. The number of hydrogen-bond acceptors (Lipinski definition) is 6. The number of nitrogens with two attached hydrogens (primary N) is 1.